The van der Waals surface area contributed by atoms with E-state index in [0.717, 1.165) is 19.4 Å². The molecule has 1 saturated carbocycles. The van der Waals surface area contributed by atoms with Gasteiger partial charge in [0.15, 0.2) is 30.2 Å². The summed E-state index contributed by atoms with van der Waals surface area (Å²) >= 11 is 0. The van der Waals surface area contributed by atoms with Crippen LogP contribution >= 0.6 is 0 Å². The molecule has 1 aliphatic carbocycles. The van der Waals surface area contributed by atoms with Crippen LogP contribution in [0.5, 0.6) is 0 Å². The van der Waals surface area contributed by atoms with Gasteiger partial charge in [0.05, 0.1) is 37.4 Å². The minimum Gasteiger partial charge on any atom is -0.459 e. The van der Waals surface area contributed by atoms with E-state index in [9.17, 15) is 34.5 Å². The van der Waals surface area contributed by atoms with Crippen LogP contribution in [-0.4, -0.2) is 137 Å². The first-order valence-corrected chi connectivity index (χ1v) is 19.6. The molecule has 3 N–H and O–H groups in total. The summed E-state index contributed by atoms with van der Waals surface area (Å²) in [4.78, 5) is 50.9. The van der Waals surface area contributed by atoms with Gasteiger partial charge in [-0.1, -0.05) is 37.3 Å². The van der Waals surface area contributed by atoms with Gasteiger partial charge in [0, 0.05) is 38.2 Å². The van der Waals surface area contributed by atoms with Crippen molar-refractivity contribution in [2.75, 3.05) is 13.2 Å². The molecule has 0 radical (unpaired) electrons. The fourth-order valence-electron chi connectivity index (χ4n) is 8.85. The van der Waals surface area contributed by atoms with E-state index >= 15 is 0 Å². The molecule has 2 spiro atoms. The van der Waals surface area contributed by atoms with Gasteiger partial charge in [0.25, 0.3) is 0 Å². The summed E-state index contributed by atoms with van der Waals surface area (Å²) in [5.74, 6) is -4.80. The number of aliphatic hydroxyl groups is 3. The zero-order valence-corrected chi connectivity index (χ0v) is 32.5. The Balaban J connectivity index is 1.04. The molecule has 1 aromatic rings. The summed E-state index contributed by atoms with van der Waals surface area (Å²) in [5.41, 5.74) is 0.102. The third kappa shape index (κ3) is 8.36. The van der Waals surface area contributed by atoms with Crippen molar-refractivity contribution in [1.29, 1.82) is 0 Å². The van der Waals surface area contributed by atoms with Gasteiger partial charge in [-0.2, -0.15) is 0 Å². The molecule has 5 heterocycles. The number of ether oxygens (including phenoxy) is 10. The monoisotopic (exact) mass is 804 g/mol. The van der Waals surface area contributed by atoms with Crippen molar-refractivity contribution in [3.63, 3.8) is 0 Å². The molecule has 17 nitrogen and oxygen atoms in total. The van der Waals surface area contributed by atoms with Crippen molar-refractivity contribution in [3.05, 3.63) is 42.0 Å². The van der Waals surface area contributed by atoms with E-state index in [-0.39, 0.29) is 31.3 Å². The lowest BCUT2D eigenvalue weighted by atomic mass is 9.72. The molecule has 3 unspecified atom stereocenters. The van der Waals surface area contributed by atoms with Crippen LogP contribution in [0, 0.1) is 17.8 Å². The second kappa shape index (κ2) is 16.6. The highest BCUT2D eigenvalue weighted by molar-refractivity contribution is 5.87. The van der Waals surface area contributed by atoms with Crippen molar-refractivity contribution in [1.82, 2.24) is 0 Å². The van der Waals surface area contributed by atoms with Crippen LogP contribution in [0.3, 0.4) is 0 Å². The summed E-state index contributed by atoms with van der Waals surface area (Å²) in [6, 6.07) is 9.42. The Morgan fingerprint density at radius 3 is 2.11 bits per heavy atom. The predicted octanol–water partition coefficient (Wildman–Crippen LogP) is 1.31. The third-order valence-electron chi connectivity index (χ3n) is 12.0. The maximum absolute atomic E-state index is 14.0. The Morgan fingerprint density at radius 1 is 0.789 bits per heavy atom. The van der Waals surface area contributed by atoms with Gasteiger partial charge in [-0.3, -0.25) is 14.4 Å². The first kappa shape index (κ1) is 41.6. The standard InChI is InChI=1S/C40H52O17/c1-19-17-48-40(16-28(19)54-29(43)14-11-24-9-7-6-8-10-24)39(18-49-39)26-13-12-25(15-27(26)57-40)36(47)56-38-35(34(53-23(5)42)31(45)21(3)51-38)55-37-32(46)33(52-22(4)41)30(44)20(2)50-37/h6-11,14,19-21,25-28,30-35,37-38,44-46H,12-13,15-18H2,1-5H3/t19?,20-,21-,25-,26-,27-,28+,30-,31?,32+,33+,34+,35?,37+,38+,39+,40+/m1/s1. The summed E-state index contributed by atoms with van der Waals surface area (Å²) in [6.45, 7) is 7.81. The number of carbonyl (C=O) groups excluding carboxylic acids is 4. The van der Waals surface area contributed by atoms with Gasteiger partial charge in [0.2, 0.25) is 12.1 Å². The molecule has 6 aliphatic rings. The van der Waals surface area contributed by atoms with E-state index in [1.807, 2.05) is 37.3 Å². The zero-order chi connectivity index (χ0) is 40.8. The minimum atomic E-state index is -1.73. The average Bonchev–Trinajstić information content (AvgIpc) is 3.94. The number of hydrogen-bond donors (Lipinski definition) is 3. The smallest absolute Gasteiger partial charge is 0.331 e. The number of benzene rings is 1. The highest BCUT2D eigenvalue weighted by Gasteiger charge is 2.76. The number of epoxide rings is 1. The summed E-state index contributed by atoms with van der Waals surface area (Å²) in [5, 5.41) is 32.7. The maximum Gasteiger partial charge on any atom is 0.331 e. The van der Waals surface area contributed by atoms with Crippen molar-refractivity contribution in [2.24, 2.45) is 17.8 Å². The molecular formula is C40H52O17. The van der Waals surface area contributed by atoms with E-state index in [4.69, 9.17) is 47.4 Å². The Morgan fingerprint density at radius 2 is 1.44 bits per heavy atom. The molecule has 314 valence electrons. The highest BCUT2D eigenvalue weighted by Crippen LogP contribution is 2.62. The van der Waals surface area contributed by atoms with Crippen LogP contribution in [0.15, 0.2) is 36.4 Å². The van der Waals surface area contributed by atoms with Crippen LogP contribution in [-0.2, 0) is 66.5 Å². The van der Waals surface area contributed by atoms with E-state index < -0.39 is 115 Å². The van der Waals surface area contributed by atoms with Gasteiger partial charge in [-0.15, -0.1) is 0 Å². The number of rotatable bonds is 9. The summed E-state index contributed by atoms with van der Waals surface area (Å²) in [6.07, 6.45) is -10.6. The normalized spacial score (nSPS) is 44.0. The van der Waals surface area contributed by atoms with Crippen molar-refractivity contribution in [3.8, 4) is 0 Å². The van der Waals surface area contributed by atoms with E-state index in [0.29, 0.717) is 19.4 Å². The SMILES string of the molecule is CC(=O)O[C@@H]1C(O[C@@H]2O[C@H](C)[C@@H](O)[C@H](OC(C)=O)[C@@H]2O)[C@H](OC(=O)[C@@H]2CC[C@@H]3[C@@H](C2)O[C@@]2(C[C@H](OC(=O)C=Cc4ccccc4)C(C)CO2)[C@]32CO2)O[C@H](C)C1O. The van der Waals surface area contributed by atoms with E-state index in [1.54, 1.807) is 6.08 Å². The van der Waals surface area contributed by atoms with Crippen LogP contribution < -0.4 is 0 Å². The number of aliphatic hydroxyl groups excluding tert-OH is 3. The Bertz CT molecular complexity index is 1670. The molecule has 57 heavy (non-hydrogen) atoms. The highest BCUT2D eigenvalue weighted by atomic mass is 16.8. The third-order valence-corrected chi connectivity index (χ3v) is 12.0. The molecule has 1 aromatic carbocycles. The lowest BCUT2D eigenvalue weighted by molar-refractivity contribution is -0.358. The second-order valence-electron chi connectivity index (χ2n) is 16.0. The second-order valence-corrected chi connectivity index (χ2v) is 16.0. The molecule has 0 bridgehead atoms. The van der Waals surface area contributed by atoms with Crippen LogP contribution in [0.1, 0.15) is 65.9 Å². The Labute approximate surface area is 329 Å². The van der Waals surface area contributed by atoms with Gasteiger partial charge in [-0.25, -0.2) is 4.79 Å². The first-order chi connectivity index (χ1) is 27.1. The molecule has 7 rings (SSSR count). The molecule has 5 saturated heterocycles. The number of fused-ring (bicyclic) bond motifs is 3. The van der Waals surface area contributed by atoms with Crippen molar-refractivity contribution in [2.45, 2.75) is 145 Å². The number of hydrogen-bond acceptors (Lipinski definition) is 17. The van der Waals surface area contributed by atoms with Gasteiger partial charge in [0.1, 0.15) is 24.4 Å². The van der Waals surface area contributed by atoms with Crippen LogP contribution in [0.4, 0.5) is 0 Å². The van der Waals surface area contributed by atoms with Gasteiger partial charge in [-0.05, 0) is 44.7 Å². The molecule has 0 amide bonds. The number of carbonyl (C=O) groups is 4. The molecule has 17 heteroatoms. The van der Waals surface area contributed by atoms with Gasteiger partial charge < -0.3 is 62.7 Å². The van der Waals surface area contributed by atoms with Crippen LogP contribution in [0.25, 0.3) is 6.08 Å². The molecule has 0 aromatic heterocycles. The summed E-state index contributed by atoms with van der Waals surface area (Å²) < 4.78 is 59.4. The molecule has 6 fully saturated rings. The van der Waals surface area contributed by atoms with Crippen LogP contribution in [0.2, 0.25) is 0 Å². The Hall–Kier alpha value is -3.52. The maximum atomic E-state index is 14.0. The first-order valence-electron chi connectivity index (χ1n) is 19.6. The summed E-state index contributed by atoms with van der Waals surface area (Å²) in [7, 11) is 0. The lowest BCUT2D eigenvalue weighted by Gasteiger charge is -2.46. The van der Waals surface area contributed by atoms with E-state index in [2.05, 4.69) is 0 Å². The van der Waals surface area contributed by atoms with Crippen molar-refractivity contribution < 1.29 is 81.9 Å². The molecule has 17 atom stereocenters. The zero-order valence-electron chi connectivity index (χ0n) is 32.5. The quantitative estimate of drug-likeness (QED) is 0.139. The lowest BCUT2D eigenvalue weighted by Crippen LogP contribution is -2.64. The Kier molecular flexibility index (Phi) is 12.1. The molecular weight excluding hydrogens is 752 g/mol. The fourth-order valence-corrected chi connectivity index (χ4v) is 8.85. The average molecular weight is 805 g/mol. The minimum absolute atomic E-state index is 0.109. The number of esters is 4. The van der Waals surface area contributed by atoms with E-state index in [1.165, 1.54) is 19.9 Å². The molecule has 5 aliphatic heterocycles. The largest absolute Gasteiger partial charge is 0.459 e. The topological polar surface area (TPSA) is 225 Å². The fraction of sp³-hybridized carbons (Fsp3) is 0.700. The van der Waals surface area contributed by atoms with Crippen molar-refractivity contribution >= 4 is 30.0 Å². The van der Waals surface area contributed by atoms with Gasteiger partial charge >= 0.3 is 23.9 Å². The predicted molar refractivity (Wildman–Crippen MR) is 191 cm³/mol.